The third-order valence-corrected chi connectivity index (χ3v) is 10.4. The Morgan fingerprint density at radius 1 is 0.857 bits per heavy atom. The van der Waals surface area contributed by atoms with Gasteiger partial charge >= 0.3 is 5.97 Å². The molecule has 1 saturated heterocycles. The number of amides is 1. The Labute approximate surface area is 256 Å². The minimum absolute atomic E-state index is 0.0453. The lowest BCUT2D eigenvalue weighted by atomic mass is 9.51. The molecular weight excluding hydrogens is 526 g/mol. The van der Waals surface area contributed by atoms with E-state index >= 15 is 0 Å². The summed E-state index contributed by atoms with van der Waals surface area (Å²) in [4.78, 5) is 24.5. The number of rotatable bonds is 19. The largest absolute Gasteiger partial charge is 0.481 e. The van der Waals surface area contributed by atoms with Crippen molar-refractivity contribution in [1.82, 2.24) is 10.2 Å². The van der Waals surface area contributed by atoms with Gasteiger partial charge in [0.15, 0.2) is 0 Å². The first-order valence-corrected chi connectivity index (χ1v) is 17.7. The van der Waals surface area contributed by atoms with Crippen molar-refractivity contribution in [3.8, 4) is 6.07 Å². The summed E-state index contributed by atoms with van der Waals surface area (Å²) in [6.45, 7) is 3.29. The zero-order valence-corrected chi connectivity index (χ0v) is 26.7. The van der Waals surface area contributed by atoms with Gasteiger partial charge in [0.1, 0.15) is 6.04 Å². The highest BCUT2D eigenvalue weighted by atomic mass is 16.4. The van der Waals surface area contributed by atoms with Crippen LogP contribution in [0.25, 0.3) is 0 Å². The number of hydrogen-bond acceptors (Lipinski definition) is 5. The maximum Gasteiger partial charge on any atom is 0.303 e. The molecule has 240 valence electrons. The van der Waals surface area contributed by atoms with E-state index in [1.54, 1.807) is 4.90 Å². The maximum atomic E-state index is 12.4. The maximum absolute atomic E-state index is 12.4. The molecule has 4 bridgehead atoms. The molecule has 4 saturated carbocycles. The molecule has 0 radical (unpaired) electrons. The number of likely N-dealkylation sites (tertiary alicyclic amines) is 1. The lowest BCUT2D eigenvalue weighted by molar-refractivity contribution is -0.147. The van der Waals surface area contributed by atoms with Crippen LogP contribution in [0.4, 0.5) is 0 Å². The van der Waals surface area contributed by atoms with Crippen LogP contribution >= 0.6 is 0 Å². The highest BCUT2D eigenvalue weighted by Gasteiger charge is 2.57. The molecule has 4 aliphatic carbocycles. The standard InChI is InChI=1S/C18H36O2.C17H25N3O2/c1-2-3-4-5-6-7-8-9-10-11-12-13-14-15-16-17-18(19)20;18-9-14-2-1-3-20(14)15(21)10-19-16-5-12-4-13(6-16)8-17(22,7-12)11-16/h2-17H2,1H3,(H,19,20);12-14,19,22H,1-8,10-11H2/t;12?,13?,14-,16?,17?/m.0/s1. The first kappa shape index (κ1) is 34.8. The van der Waals surface area contributed by atoms with Crippen molar-refractivity contribution in [3.63, 3.8) is 0 Å². The molecule has 0 aromatic rings. The number of carboxylic acid groups (broad SMARTS) is 1. The second-order valence-corrected chi connectivity index (χ2v) is 14.3. The fourth-order valence-electron chi connectivity index (χ4n) is 8.63. The molecule has 7 heteroatoms. The van der Waals surface area contributed by atoms with Crippen LogP contribution in [0, 0.1) is 23.2 Å². The van der Waals surface area contributed by atoms with Gasteiger partial charge in [-0.05, 0) is 69.6 Å². The Balaban J connectivity index is 0.000000232. The topological polar surface area (TPSA) is 114 Å². The van der Waals surface area contributed by atoms with Gasteiger partial charge in [-0.3, -0.25) is 9.59 Å². The highest BCUT2D eigenvalue weighted by Crippen LogP contribution is 2.57. The summed E-state index contributed by atoms with van der Waals surface area (Å²) in [5, 5.41) is 31.9. The smallest absolute Gasteiger partial charge is 0.303 e. The van der Waals surface area contributed by atoms with Crippen LogP contribution in [0.2, 0.25) is 0 Å². The van der Waals surface area contributed by atoms with Gasteiger partial charge < -0.3 is 20.4 Å². The summed E-state index contributed by atoms with van der Waals surface area (Å²) in [6, 6.07) is 1.99. The normalized spacial score (nSPS) is 29.3. The number of carbonyl (C=O) groups is 2. The molecule has 0 spiro atoms. The third kappa shape index (κ3) is 11.8. The summed E-state index contributed by atoms with van der Waals surface area (Å²) in [5.41, 5.74) is -0.542. The minimum atomic E-state index is -0.653. The van der Waals surface area contributed by atoms with Crippen molar-refractivity contribution >= 4 is 11.9 Å². The van der Waals surface area contributed by atoms with E-state index in [2.05, 4.69) is 18.3 Å². The van der Waals surface area contributed by atoms with Crippen molar-refractivity contribution < 1.29 is 19.8 Å². The van der Waals surface area contributed by atoms with Gasteiger partial charge in [-0.15, -0.1) is 0 Å². The van der Waals surface area contributed by atoms with E-state index < -0.39 is 11.6 Å². The van der Waals surface area contributed by atoms with E-state index in [1.165, 1.54) is 89.9 Å². The van der Waals surface area contributed by atoms with E-state index in [1.807, 2.05) is 0 Å². The van der Waals surface area contributed by atoms with Crippen LogP contribution in [-0.2, 0) is 9.59 Å². The number of unbranched alkanes of at least 4 members (excludes halogenated alkanes) is 14. The molecule has 1 heterocycles. The number of carbonyl (C=O) groups excluding carboxylic acids is 1. The minimum Gasteiger partial charge on any atom is -0.481 e. The van der Waals surface area contributed by atoms with Gasteiger partial charge in [0.2, 0.25) is 5.91 Å². The van der Waals surface area contributed by atoms with Gasteiger partial charge in [-0.25, -0.2) is 0 Å². The zero-order valence-electron chi connectivity index (χ0n) is 26.7. The van der Waals surface area contributed by atoms with E-state index in [0.717, 1.165) is 57.8 Å². The predicted octanol–water partition coefficient (Wildman–Crippen LogP) is 7.51. The van der Waals surface area contributed by atoms with E-state index in [4.69, 9.17) is 10.4 Å². The van der Waals surface area contributed by atoms with Crippen LogP contribution in [0.1, 0.15) is 161 Å². The van der Waals surface area contributed by atoms with E-state index in [0.29, 0.717) is 31.3 Å². The molecule has 5 fully saturated rings. The fourth-order valence-corrected chi connectivity index (χ4v) is 8.63. The summed E-state index contributed by atoms with van der Waals surface area (Å²) in [7, 11) is 0. The van der Waals surface area contributed by atoms with Crippen molar-refractivity contribution in [2.75, 3.05) is 13.1 Å². The Kier molecular flexibility index (Phi) is 15.1. The van der Waals surface area contributed by atoms with Crippen LogP contribution in [-0.4, -0.2) is 57.3 Å². The average Bonchev–Trinajstić information content (AvgIpc) is 3.42. The lowest BCUT2D eigenvalue weighted by Gasteiger charge is -2.60. The molecular formula is C35H61N3O4. The molecule has 2 unspecified atom stereocenters. The Morgan fingerprint density at radius 2 is 1.38 bits per heavy atom. The van der Waals surface area contributed by atoms with Crippen LogP contribution in [0.15, 0.2) is 0 Å². The van der Waals surface area contributed by atoms with E-state index in [9.17, 15) is 14.7 Å². The summed E-state index contributed by atoms with van der Waals surface area (Å²) in [5.74, 6) is 0.631. The molecule has 0 aromatic heterocycles. The number of nitriles is 1. The second-order valence-electron chi connectivity index (χ2n) is 14.3. The van der Waals surface area contributed by atoms with Gasteiger partial charge in [0, 0.05) is 18.5 Å². The first-order valence-electron chi connectivity index (χ1n) is 17.7. The number of carboxylic acids is 1. The monoisotopic (exact) mass is 587 g/mol. The SMILES string of the molecule is CCCCCCCCCCCCCCCCCC(=O)O.N#C[C@@H]1CCCN1C(=O)CNC12CC3CC(CC(O)(C3)C1)C2. The predicted molar refractivity (Wildman–Crippen MR) is 168 cm³/mol. The summed E-state index contributed by atoms with van der Waals surface area (Å²) >= 11 is 0. The number of hydrogen-bond donors (Lipinski definition) is 3. The lowest BCUT2D eigenvalue weighted by Crippen LogP contribution is -2.65. The van der Waals surface area contributed by atoms with Gasteiger partial charge in [-0.1, -0.05) is 96.8 Å². The summed E-state index contributed by atoms with van der Waals surface area (Å²) < 4.78 is 0. The molecule has 5 rings (SSSR count). The Hall–Kier alpha value is -1.65. The number of nitrogens with zero attached hydrogens (tertiary/aromatic N) is 2. The number of aliphatic carboxylic acids is 1. The molecule has 1 aliphatic heterocycles. The van der Waals surface area contributed by atoms with Gasteiger partial charge in [-0.2, -0.15) is 5.26 Å². The Morgan fingerprint density at radius 3 is 1.86 bits per heavy atom. The molecule has 5 aliphatic rings. The van der Waals surface area contributed by atoms with Gasteiger partial charge in [0.05, 0.1) is 18.2 Å². The van der Waals surface area contributed by atoms with Crippen molar-refractivity contribution in [3.05, 3.63) is 0 Å². The third-order valence-electron chi connectivity index (χ3n) is 10.4. The molecule has 0 aromatic carbocycles. The first-order chi connectivity index (χ1) is 20.3. The molecule has 3 atom stereocenters. The van der Waals surface area contributed by atoms with Gasteiger partial charge in [0.25, 0.3) is 0 Å². The van der Waals surface area contributed by atoms with Crippen LogP contribution in [0.3, 0.4) is 0 Å². The van der Waals surface area contributed by atoms with Crippen molar-refractivity contribution in [2.24, 2.45) is 11.8 Å². The number of aliphatic hydroxyl groups is 1. The second kappa shape index (κ2) is 18.2. The van der Waals surface area contributed by atoms with Crippen molar-refractivity contribution in [1.29, 1.82) is 5.26 Å². The fraction of sp³-hybridized carbons (Fsp3) is 0.914. The molecule has 42 heavy (non-hydrogen) atoms. The Bertz CT molecular complexity index is 842. The average molecular weight is 588 g/mol. The quantitative estimate of drug-likeness (QED) is 0.135. The van der Waals surface area contributed by atoms with E-state index in [-0.39, 0.29) is 17.5 Å². The van der Waals surface area contributed by atoms with Crippen molar-refractivity contribution in [2.45, 2.75) is 178 Å². The molecule has 1 amide bonds. The zero-order chi connectivity index (χ0) is 30.3. The molecule has 3 N–H and O–H groups in total. The highest BCUT2D eigenvalue weighted by molar-refractivity contribution is 5.79. The summed E-state index contributed by atoms with van der Waals surface area (Å²) in [6.07, 6.45) is 28.1. The van der Waals surface area contributed by atoms with Crippen LogP contribution < -0.4 is 5.32 Å². The van der Waals surface area contributed by atoms with Crippen LogP contribution in [0.5, 0.6) is 0 Å². The molecule has 7 nitrogen and oxygen atoms in total. The number of nitrogens with one attached hydrogen (secondary N) is 1.